The number of dihydropyridines is 1. The molecule has 4 amide bonds. The first-order valence-electron chi connectivity index (χ1n) is 8.16. The first-order valence-corrected chi connectivity index (χ1v) is 9.14. The third-order valence-corrected chi connectivity index (χ3v) is 5.35. The Bertz CT molecular complexity index is 906. The van der Waals surface area contributed by atoms with E-state index in [2.05, 4.69) is 10.3 Å². The molecule has 0 bridgehead atoms. The molecule has 3 rings (SSSR count). The number of para-hydroxylation sites is 2. The maximum absolute atomic E-state index is 12.6. The van der Waals surface area contributed by atoms with Crippen LogP contribution in [0.25, 0.3) is 0 Å². The molecule has 0 aliphatic carbocycles. The molecule has 2 aliphatic heterocycles. The van der Waals surface area contributed by atoms with Gasteiger partial charge in [0.05, 0.1) is 32.6 Å². The second-order valence-corrected chi connectivity index (χ2v) is 6.96. The fourth-order valence-electron chi connectivity index (χ4n) is 2.82. The molecule has 0 radical (unpaired) electrons. The predicted molar refractivity (Wildman–Crippen MR) is 104 cm³/mol. The predicted octanol–water partition coefficient (Wildman–Crippen LogP) is 1.58. The lowest BCUT2D eigenvalue weighted by Gasteiger charge is -2.26. The number of nitrogens with one attached hydrogen (secondary N) is 1. The van der Waals surface area contributed by atoms with E-state index in [1.54, 1.807) is 31.3 Å². The summed E-state index contributed by atoms with van der Waals surface area (Å²) in [6.45, 7) is 0. The Morgan fingerprint density at radius 1 is 1.37 bits per heavy atom. The van der Waals surface area contributed by atoms with Crippen LogP contribution in [0.3, 0.4) is 0 Å². The number of methoxy groups -OCH3 is 1. The van der Waals surface area contributed by atoms with Crippen LogP contribution >= 0.6 is 11.8 Å². The van der Waals surface area contributed by atoms with Crippen molar-refractivity contribution in [3.8, 4) is 5.75 Å². The van der Waals surface area contributed by atoms with Crippen LogP contribution in [0.15, 0.2) is 40.2 Å². The standard InChI is InChI=1S/C18H18N4O4S/c1-21-16-15(17(24)22(2)18(21)25)13(8-9-19-16)27-10-14(23)20-11-6-4-5-7-12(11)26-3/h4-9,15H,10H2,1-3H3/p+1. The van der Waals surface area contributed by atoms with E-state index < -0.39 is 11.9 Å². The van der Waals surface area contributed by atoms with Crippen molar-refractivity contribution in [1.29, 1.82) is 0 Å². The van der Waals surface area contributed by atoms with Crippen LogP contribution in [-0.4, -0.2) is 66.3 Å². The van der Waals surface area contributed by atoms with Crippen LogP contribution in [-0.2, 0) is 9.59 Å². The first kappa shape index (κ1) is 18.8. The van der Waals surface area contributed by atoms with Crippen molar-refractivity contribution < 1.29 is 23.7 Å². The van der Waals surface area contributed by atoms with Gasteiger partial charge < -0.3 is 10.1 Å². The normalized spacial score (nSPS) is 19.0. The molecule has 0 fully saturated rings. The Kier molecular flexibility index (Phi) is 5.41. The van der Waals surface area contributed by atoms with Gasteiger partial charge in [-0.15, -0.1) is 16.8 Å². The number of nitrogens with zero attached hydrogens (tertiary/aromatic N) is 3. The summed E-state index contributed by atoms with van der Waals surface area (Å²) in [5.74, 6) is -0.204. The lowest BCUT2D eigenvalue weighted by molar-refractivity contribution is -0.407. The smallest absolute Gasteiger partial charge is 0.445 e. The number of benzene rings is 1. The minimum absolute atomic E-state index is 0.107. The number of carbonyl (C=O) groups excluding carboxylic acids is 3. The second kappa shape index (κ2) is 7.75. The number of thioether (sulfide) groups is 1. The molecule has 1 aromatic rings. The quantitative estimate of drug-likeness (QED) is 0.775. The molecule has 0 saturated heterocycles. The molecule has 1 unspecified atom stereocenters. The average Bonchev–Trinajstić information content (AvgIpc) is 2.69. The highest BCUT2D eigenvalue weighted by Gasteiger charge is 2.47. The van der Waals surface area contributed by atoms with Gasteiger partial charge in [0.1, 0.15) is 12.0 Å². The molecule has 0 aromatic heterocycles. The van der Waals surface area contributed by atoms with E-state index in [4.69, 9.17) is 4.74 Å². The van der Waals surface area contributed by atoms with Crippen LogP contribution in [0, 0.1) is 5.92 Å². The zero-order chi connectivity index (χ0) is 19.6. The topological polar surface area (TPSA) is 91.1 Å². The van der Waals surface area contributed by atoms with Gasteiger partial charge in [-0.05, 0) is 18.2 Å². The number of amides is 4. The van der Waals surface area contributed by atoms with Gasteiger partial charge in [-0.3, -0.25) is 9.59 Å². The number of aliphatic imine (C=N–C) groups is 1. The van der Waals surface area contributed by atoms with E-state index in [1.807, 2.05) is 6.07 Å². The summed E-state index contributed by atoms with van der Waals surface area (Å²) < 4.78 is 6.57. The van der Waals surface area contributed by atoms with Gasteiger partial charge in [0, 0.05) is 4.91 Å². The number of hydrogen-bond acceptors (Lipinski definition) is 6. The molecule has 27 heavy (non-hydrogen) atoms. The van der Waals surface area contributed by atoms with Crippen LogP contribution in [0.1, 0.15) is 0 Å². The number of imide groups is 1. The number of carbonyl (C=O) groups is 3. The van der Waals surface area contributed by atoms with Crippen molar-refractivity contribution >= 4 is 47.3 Å². The van der Waals surface area contributed by atoms with E-state index in [9.17, 15) is 14.4 Å². The molecular weight excluding hydrogens is 368 g/mol. The number of amidine groups is 1. The van der Waals surface area contributed by atoms with Crippen LogP contribution in [0.4, 0.5) is 10.5 Å². The molecule has 140 valence electrons. The summed E-state index contributed by atoms with van der Waals surface area (Å²) in [4.78, 5) is 42.9. The molecule has 8 nitrogen and oxygen atoms in total. The Morgan fingerprint density at radius 3 is 2.85 bits per heavy atom. The van der Waals surface area contributed by atoms with Gasteiger partial charge >= 0.3 is 11.9 Å². The fourth-order valence-corrected chi connectivity index (χ4v) is 3.72. The maximum atomic E-state index is 12.6. The van der Waals surface area contributed by atoms with E-state index in [1.165, 1.54) is 36.7 Å². The summed E-state index contributed by atoms with van der Waals surface area (Å²) in [6.07, 6.45) is 3.24. The molecule has 1 atom stereocenters. The molecule has 0 saturated carbocycles. The number of urea groups is 1. The molecule has 2 heterocycles. The largest absolute Gasteiger partial charge is 0.495 e. The number of fused-ring (bicyclic) bond motifs is 1. The van der Waals surface area contributed by atoms with E-state index in [0.717, 1.165) is 4.90 Å². The van der Waals surface area contributed by atoms with E-state index in [-0.39, 0.29) is 17.6 Å². The van der Waals surface area contributed by atoms with Gasteiger partial charge in [0.2, 0.25) is 5.91 Å². The lowest BCUT2D eigenvalue weighted by atomic mass is 10.0. The first-order chi connectivity index (χ1) is 12.9. The zero-order valence-corrected chi connectivity index (χ0v) is 15.9. The van der Waals surface area contributed by atoms with Gasteiger partial charge in [-0.2, -0.15) is 9.48 Å². The number of ether oxygens (including phenoxy) is 1. The zero-order valence-electron chi connectivity index (χ0n) is 15.1. The summed E-state index contributed by atoms with van der Waals surface area (Å²) in [5.41, 5.74) is 0.579. The minimum atomic E-state index is -0.674. The van der Waals surface area contributed by atoms with Crippen LogP contribution < -0.4 is 10.1 Å². The molecule has 9 heteroatoms. The molecule has 1 N–H and O–H groups in total. The summed E-state index contributed by atoms with van der Waals surface area (Å²) >= 11 is 1.24. The van der Waals surface area contributed by atoms with Gasteiger partial charge in [0.25, 0.3) is 5.84 Å². The Balaban J connectivity index is 1.72. The molecule has 1 aromatic carbocycles. The van der Waals surface area contributed by atoms with Crippen molar-refractivity contribution in [2.24, 2.45) is 10.9 Å². The Morgan fingerprint density at radius 2 is 2.11 bits per heavy atom. The summed E-state index contributed by atoms with van der Waals surface area (Å²) in [7, 11) is 4.55. The van der Waals surface area contributed by atoms with E-state index in [0.29, 0.717) is 22.2 Å². The third-order valence-electron chi connectivity index (χ3n) is 4.23. The highest BCUT2D eigenvalue weighted by Crippen LogP contribution is 2.32. The molecule has 0 spiro atoms. The van der Waals surface area contributed by atoms with Crippen molar-refractivity contribution in [1.82, 2.24) is 4.90 Å². The number of hydrogen-bond donors (Lipinski definition) is 1. The molecular formula is C18H19N4O4S+. The van der Waals surface area contributed by atoms with Gasteiger partial charge in [-0.25, -0.2) is 4.79 Å². The van der Waals surface area contributed by atoms with Crippen molar-refractivity contribution in [2.45, 2.75) is 0 Å². The van der Waals surface area contributed by atoms with Gasteiger partial charge in [-0.1, -0.05) is 12.1 Å². The SMILES string of the molecule is COc1ccccc1NC(=O)CSC1=CC=NC2=[N+](C)C(=O)N(C)C(=O)C12. The monoisotopic (exact) mass is 387 g/mol. The minimum Gasteiger partial charge on any atom is -0.495 e. The highest BCUT2D eigenvalue weighted by atomic mass is 32.2. The van der Waals surface area contributed by atoms with Crippen molar-refractivity contribution in [2.75, 3.05) is 32.3 Å². The summed E-state index contributed by atoms with van der Waals surface area (Å²) in [6, 6.07) is 6.70. The fraction of sp³-hybridized carbons (Fsp3) is 0.278. The van der Waals surface area contributed by atoms with Crippen molar-refractivity contribution in [3.05, 3.63) is 35.2 Å². The number of allylic oxidation sites excluding steroid dienone is 1. The number of anilines is 1. The second-order valence-electron chi connectivity index (χ2n) is 5.91. The van der Waals surface area contributed by atoms with Crippen LogP contribution in [0.2, 0.25) is 0 Å². The molecule has 2 aliphatic rings. The Labute approximate surface area is 160 Å². The van der Waals surface area contributed by atoms with Crippen LogP contribution in [0.5, 0.6) is 5.75 Å². The Hall–Kier alpha value is -2.94. The average molecular weight is 387 g/mol. The maximum Gasteiger partial charge on any atom is 0.445 e. The van der Waals surface area contributed by atoms with E-state index >= 15 is 0 Å². The highest BCUT2D eigenvalue weighted by molar-refractivity contribution is 8.03. The lowest BCUT2D eigenvalue weighted by Crippen LogP contribution is -2.52. The summed E-state index contributed by atoms with van der Waals surface area (Å²) in [5, 5.41) is 2.80. The third kappa shape index (κ3) is 3.63. The number of rotatable bonds is 5. The van der Waals surface area contributed by atoms with Crippen molar-refractivity contribution in [3.63, 3.8) is 0 Å². The van der Waals surface area contributed by atoms with Gasteiger partial charge in [0.15, 0.2) is 5.92 Å².